The van der Waals surface area contributed by atoms with Gasteiger partial charge in [-0.2, -0.15) is 0 Å². The summed E-state index contributed by atoms with van der Waals surface area (Å²) < 4.78 is 1.96. The molecule has 17 heavy (non-hydrogen) atoms. The van der Waals surface area contributed by atoms with E-state index in [0.29, 0.717) is 11.7 Å². The fourth-order valence-electron chi connectivity index (χ4n) is 1.68. The van der Waals surface area contributed by atoms with Crippen molar-refractivity contribution in [3.63, 3.8) is 0 Å². The Hall–Kier alpha value is -1.78. The zero-order valence-electron chi connectivity index (χ0n) is 9.72. The molecule has 1 saturated carbocycles. The summed E-state index contributed by atoms with van der Waals surface area (Å²) in [6.45, 7) is 1.73. The Morgan fingerprint density at radius 1 is 1.59 bits per heavy atom. The van der Waals surface area contributed by atoms with E-state index in [-0.39, 0.29) is 12.5 Å². The zero-order valence-corrected chi connectivity index (χ0v) is 9.72. The van der Waals surface area contributed by atoms with Crippen molar-refractivity contribution in [2.24, 2.45) is 5.92 Å². The maximum atomic E-state index is 11.9. The molecule has 1 aliphatic carbocycles. The minimum absolute atomic E-state index is 0.157. The first-order valence-corrected chi connectivity index (χ1v) is 5.77. The predicted octanol–water partition coefficient (Wildman–Crippen LogP) is 1.27. The number of hydrogen-bond acceptors (Lipinski definition) is 2. The van der Waals surface area contributed by atoms with Gasteiger partial charge in [0.05, 0.1) is 5.92 Å². The van der Waals surface area contributed by atoms with Crippen LogP contribution in [0.15, 0.2) is 18.3 Å². The molecular formula is C12H16N2O3. The van der Waals surface area contributed by atoms with E-state index in [2.05, 4.69) is 5.32 Å². The van der Waals surface area contributed by atoms with Crippen molar-refractivity contribution >= 4 is 11.9 Å². The topological polar surface area (TPSA) is 71.3 Å². The monoisotopic (exact) mass is 236 g/mol. The van der Waals surface area contributed by atoms with Crippen LogP contribution in [0, 0.1) is 5.92 Å². The van der Waals surface area contributed by atoms with Gasteiger partial charge in [0, 0.05) is 18.8 Å². The highest BCUT2D eigenvalue weighted by Gasteiger charge is 2.26. The molecule has 0 saturated heterocycles. The van der Waals surface area contributed by atoms with Gasteiger partial charge < -0.3 is 15.0 Å². The first-order valence-electron chi connectivity index (χ1n) is 5.77. The van der Waals surface area contributed by atoms with Crippen LogP contribution in [0.25, 0.3) is 0 Å². The number of amides is 1. The van der Waals surface area contributed by atoms with Crippen LogP contribution >= 0.6 is 0 Å². The van der Waals surface area contributed by atoms with Crippen LogP contribution in [0.1, 0.15) is 36.3 Å². The molecule has 0 aromatic carbocycles. The Balaban J connectivity index is 1.95. The molecule has 1 heterocycles. The first-order chi connectivity index (χ1) is 8.09. The predicted molar refractivity (Wildman–Crippen MR) is 61.8 cm³/mol. The van der Waals surface area contributed by atoms with Gasteiger partial charge in [0.1, 0.15) is 5.69 Å². The Morgan fingerprint density at radius 2 is 2.29 bits per heavy atom. The molecule has 0 bridgehead atoms. The second-order valence-corrected chi connectivity index (χ2v) is 4.48. The molecule has 1 aliphatic rings. The molecule has 0 radical (unpaired) electrons. The van der Waals surface area contributed by atoms with Crippen LogP contribution < -0.4 is 5.32 Å². The van der Waals surface area contributed by atoms with Gasteiger partial charge in [-0.25, -0.2) is 0 Å². The maximum Gasteiger partial charge on any atom is 0.308 e. The fraction of sp³-hybridized carbons (Fsp3) is 0.500. The molecule has 2 N–H and O–H groups in total. The van der Waals surface area contributed by atoms with Crippen molar-refractivity contribution in [1.82, 2.24) is 9.88 Å². The van der Waals surface area contributed by atoms with Crippen molar-refractivity contribution in [1.29, 1.82) is 0 Å². The molecule has 0 aliphatic heterocycles. The highest BCUT2D eigenvalue weighted by atomic mass is 16.4. The third-order valence-electron chi connectivity index (χ3n) is 2.94. The van der Waals surface area contributed by atoms with Crippen LogP contribution in [0.5, 0.6) is 0 Å². The van der Waals surface area contributed by atoms with Crippen molar-refractivity contribution in [2.75, 3.05) is 6.54 Å². The molecule has 0 spiro atoms. The van der Waals surface area contributed by atoms with Crippen molar-refractivity contribution in [3.8, 4) is 0 Å². The van der Waals surface area contributed by atoms with E-state index in [1.54, 1.807) is 13.0 Å². The number of carboxylic acid groups (broad SMARTS) is 1. The number of aliphatic carboxylic acids is 1. The summed E-state index contributed by atoms with van der Waals surface area (Å²) >= 11 is 0. The average Bonchev–Trinajstić information content (AvgIpc) is 3.03. The van der Waals surface area contributed by atoms with Gasteiger partial charge >= 0.3 is 5.97 Å². The van der Waals surface area contributed by atoms with E-state index in [1.165, 1.54) is 0 Å². The van der Waals surface area contributed by atoms with Crippen LogP contribution in [0.2, 0.25) is 0 Å². The summed E-state index contributed by atoms with van der Waals surface area (Å²) in [4.78, 5) is 22.5. The normalized spacial score (nSPS) is 16.5. The Kier molecular flexibility index (Phi) is 3.17. The second-order valence-electron chi connectivity index (χ2n) is 4.48. The molecule has 1 atom stereocenters. The van der Waals surface area contributed by atoms with Gasteiger partial charge in [-0.1, -0.05) is 6.92 Å². The quantitative estimate of drug-likeness (QED) is 0.808. The lowest BCUT2D eigenvalue weighted by Crippen LogP contribution is -2.32. The summed E-state index contributed by atoms with van der Waals surface area (Å²) in [5, 5.41) is 11.4. The van der Waals surface area contributed by atoms with Crippen LogP contribution in [0.3, 0.4) is 0 Å². The second kappa shape index (κ2) is 4.61. The van der Waals surface area contributed by atoms with Crippen LogP contribution in [-0.2, 0) is 4.79 Å². The van der Waals surface area contributed by atoms with Crippen LogP contribution in [0.4, 0.5) is 0 Å². The highest BCUT2D eigenvalue weighted by Crippen LogP contribution is 2.35. The summed E-state index contributed by atoms with van der Waals surface area (Å²) in [6.07, 6.45) is 4.12. The number of hydrogen-bond donors (Lipinski definition) is 2. The third-order valence-corrected chi connectivity index (χ3v) is 2.94. The Morgan fingerprint density at radius 3 is 2.88 bits per heavy atom. The smallest absolute Gasteiger partial charge is 0.308 e. The number of carbonyl (C=O) groups excluding carboxylic acids is 1. The third kappa shape index (κ3) is 2.67. The number of nitrogens with zero attached hydrogens (tertiary/aromatic N) is 1. The number of aromatic nitrogens is 1. The number of carbonyl (C=O) groups is 2. The first kappa shape index (κ1) is 11.7. The van der Waals surface area contributed by atoms with E-state index >= 15 is 0 Å². The molecule has 5 heteroatoms. The summed E-state index contributed by atoms with van der Waals surface area (Å²) in [5.41, 5.74) is 0.616. The summed E-state index contributed by atoms with van der Waals surface area (Å²) in [7, 11) is 0. The van der Waals surface area contributed by atoms with Gasteiger partial charge in [-0.05, 0) is 25.0 Å². The lowest BCUT2D eigenvalue weighted by molar-refractivity contribution is -0.140. The summed E-state index contributed by atoms with van der Waals surface area (Å²) in [5.74, 6) is -1.67. The average molecular weight is 236 g/mol. The number of nitrogens with one attached hydrogen (secondary N) is 1. The van der Waals surface area contributed by atoms with Crippen molar-refractivity contribution in [3.05, 3.63) is 24.0 Å². The molecular weight excluding hydrogens is 220 g/mol. The van der Waals surface area contributed by atoms with Gasteiger partial charge in [0.2, 0.25) is 0 Å². The molecule has 2 rings (SSSR count). The molecule has 1 amide bonds. The van der Waals surface area contributed by atoms with E-state index in [4.69, 9.17) is 5.11 Å². The van der Waals surface area contributed by atoms with E-state index in [1.807, 2.05) is 16.8 Å². The minimum Gasteiger partial charge on any atom is -0.481 e. The molecule has 92 valence electrons. The molecule has 1 unspecified atom stereocenters. The maximum absolute atomic E-state index is 11.9. The molecule has 1 aromatic rings. The van der Waals surface area contributed by atoms with E-state index in [9.17, 15) is 9.59 Å². The molecule has 1 fully saturated rings. The number of rotatable bonds is 5. The Bertz CT molecular complexity index is 435. The van der Waals surface area contributed by atoms with Crippen molar-refractivity contribution < 1.29 is 14.7 Å². The molecule has 5 nitrogen and oxygen atoms in total. The largest absolute Gasteiger partial charge is 0.481 e. The Labute approximate surface area is 99.4 Å². The standard InChI is InChI=1S/C12H16N2O3/c1-8(12(16)17)7-13-11(15)10-3-2-6-14(10)9-4-5-9/h2-3,6,8-9H,4-5,7H2,1H3,(H,13,15)(H,16,17). The lowest BCUT2D eigenvalue weighted by Gasteiger charge is -2.10. The van der Waals surface area contributed by atoms with Crippen LogP contribution in [-0.4, -0.2) is 28.1 Å². The van der Waals surface area contributed by atoms with Gasteiger partial charge in [-0.15, -0.1) is 0 Å². The van der Waals surface area contributed by atoms with Gasteiger partial charge in [0.25, 0.3) is 5.91 Å². The zero-order chi connectivity index (χ0) is 12.4. The molecule has 1 aromatic heterocycles. The highest BCUT2D eigenvalue weighted by molar-refractivity contribution is 5.93. The SMILES string of the molecule is CC(CNC(=O)c1cccn1C1CC1)C(=O)O. The van der Waals surface area contributed by atoms with Crippen molar-refractivity contribution in [2.45, 2.75) is 25.8 Å². The fourth-order valence-corrected chi connectivity index (χ4v) is 1.68. The van der Waals surface area contributed by atoms with E-state index < -0.39 is 11.9 Å². The van der Waals surface area contributed by atoms with Gasteiger partial charge in [0.15, 0.2) is 0 Å². The lowest BCUT2D eigenvalue weighted by atomic mass is 10.2. The minimum atomic E-state index is -0.900. The van der Waals surface area contributed by atoms with Gasteiger partial charge in [-0.3, -0.25) is 9.59 Å². The summed E-state index contributed by atoms with van der Waals surface area (Å²) in [6, 6.07) is 4.05. The van der Waals surface area contributed by atoms with E-state index in [0.717, 1.165) is 12.8 Å². The number of carboxylic acids is 1.